The number of rotatable bonds is 4. The second-order valence-electron chi connectivity index (χ2n) is 5.12. The zero-order valence-electron chi connectivity index (χ0n) is 11.5. The highest BCUT2D eigenvalue weighted by Crippen LogP contribution is 2.34. The predicted octanol–water partition coefficient (Wildman–Crippen LogP) is 3.11. The van der Waals surface area contributed by atoms with Crippen molar-refractivity contribution in [1.29, 1.82) is 0 Å². The minimum absolute atomic E-state index is 0.256. The van der Waals surface area contributed by atoms with Crippen molar-refractivity contribution >= 4 is 12.3 Å². The van der Waals surface area contributed by atoms with E-state index in [-0.39, 0.29) is 6.10 Å². The Balaban J connectivity index is 1.76. The van der Waals surface area contributed by atoms with Crippen molar-refractivity contribution in [2.75, 3.05) is 0 Å². The van der Waals surface area contributed by atoms with Gasteiger partial charge in [0.15, 0.2) is 0 Å². The maximum absolute atomic E-state index is 12.3. The molecule has 0 heterocycles. The SMILES string of the molecule is O=[C]C(C(=O)OC1CCc2ccccc21)c1ccccc1. The molecule has 1 aliphatic rings. The highest BCUT2D eigenvalue weighted by Gasteiger charge is 2.29. The van der Waals surface area contributed by atoms with Gasteiger partial charge in [-0.25, -0.2) is 0 Å². The number of fused-ring (bicyclic) bond motifs is 1. The standard InChI is InChI=1S/C18H15O3/c19-12-16(13-6-2-1-3-7-13)18(20)21-17-11-10-14-8-4-5-9-15(14)17/h1-9,16-17H,10-11H2. The van der Waals surface area contributed by atoms with Crippen LogP contribution in [0.4, 0.5) is 0 Å². The van der Waals surface area contributed by atoms with Crippen molar-refractivity contribution in [2.24, 2.45) is 0 Å². The molecule has 1 aliphatic carbocycles. The summed E-state index contributed by atoms with van der Waals surface area (Å²) in [5.74, 6) is -1.50. The van der Waals surface area contributed by atoms with E-state index >= 15 is 0 Å². The lowest BCUT2D eigenvalue weighted by Gasteiger charge is -2.16. The second-order valence-corrected chi connectivity index (χ2v) is 5.12. The summed E-state index contributed by atoms with van der Waals surface area (Å²) in [4.78, 5) is 23.4. The van der Waals surface area contributed by atoms with E-state index in [1.165, 1.54) is 5.56 Å². The number of benzene rings is 2. The molecule has 21 heavy (non-hydrogen) atoms. The molecule has 0 aliphatic heterocycles. The largest absolute Gasteiger partial charge is 0.457 e. The number of hydrogen-bond acceptors (Lipinski definition) is 3. The number of esters is 1. The third kappa shape index (κ3) is 2.72. The zero-order chi connectivity index (χ0) is 14.7. The van der Waals surface area contributed by atoms with E-state index in [1.807, 2.05) is 30.3 Å². The third-order valence-electron chi connectivity index (χ3n) is 3.82. The molecular formula is C18H15O3. The highest BCUT2D eigenvalue weighted by molar-refractivity contribution is 5.94. The van der Waals surface area contributed by atoms with Crippen molar-refractivity contribution < 1.29 is 14.3 Å². The van der Waals surface area contributed by atoms with Crippen LogP contribution in [0.25, 0.3) is 0 Å². The molecule has 0 N–H and O–H groups in total. The van der Waals surface area contributed by atoms with Crippen molar-refractivity contribution in [3.05, 3.63) is 71.3 Å². The highest BCUT2D eigenvalue weighted by atomic mass is 16.5. The first-order valence-corrected chi connectivity index (χ1v) is 7.00. The van der Waals surface area contributed by atoms with Crippen molar-refractivity contribution in [1.82, 2.24) is 0 Å². The first-order valence-electron chi connectivity index (χ1n) is 7.00. The minimum Gasteiger partial charge on any atom is -0.457 e. The van der Waals surface area contributed by atoms with Gasteiger partial charge in [-0.3, -0.25) is 9.59 Å². The monoisotopic (exact) mass is 279 g/mol. The van der Waals surface area contributed by atoms with Crippen molar-refractivity contribution in [2.45, 2.75) is 24.9 Å². The molecule has 0 fully saturated rings. The number of carbonyl (C=O) groups is 1. The maximum Gasteiger partial charge on any atom is 0.322 e. The molecular weight excluding hydrogens is 264 g/mol. The smallest absolute Gasteiger partial charge is 0.322 e. The second kappa shape index (κ2) is 5.92. The van der Waals surface area contributed by atoms with Gasteiger partial charge in [0.25, 0.3) is 0 Å². The van der Waals surface area contributed by atoms with Crippen LogP contribution in [0, 0.1) is 0 Å². The lowest BCUT2D eigenvalue weighted by molar-refractivity contribution is -0.149. The van der Waals surface area contributed by atoms with Crippen LogP contribution >= 0.6 is 0 Å². The molecule has 0 saturated carbocycles. The Morgan fingerprint density at radius 3 is 2.57 bits per heavy atom. The molecule has 0 aromatic heterocycles. The van der Waals surface area contributed by atoms with E-state index in [0.717, 1.165) is 18.4 Å². The summed E-state index contributed by atoms with van der Waals surface area (Å²) in [6.07, 6.45) is 3.20. The topological polar surface area (TPSA) is 43.4 Å². The molecule has 2 atom stereocenters. The molecule has 0 amide bonds. The Morgan fingerprint density at radius 1 is 1.10 bits per heavy atom. The summed E-state index contributed by atoms with van der Waals surface area (Å²) in [6.45, 7) is 0. The van der Waals surface area contributed by atoms with Crippen LogP contribution in [0.2, 0.25) is 0 Å². The van der Waals surface area contributed by atoms with Gasteiger partial charge in [-0.15, -0.1) is 0 Å². The van der Waals surface area contributed by atoms with E-state index in [1.54, 1.807) is 30.6 Å². The fraction of sp³-hybridized carbons (Fsp3) is 0.222. The molecule has 0 saturated heterocycles. The summed E-state index contributed by atoms with van der Waals surface area (Å²) < 4.78 is 5.54. The van der Waals surface area contributed by atoms with Gasteiger partial charge in [0, 0.05) is 0 Å². The quantitative estimate of drug-likeness (QED) is 0.638. The van der Waals surface area contributed by atoms with E-state index in [9.17, 15) is 9.59 Å². The number of aryl methyl sites for hydroxylation is 1. The Kier molecular flexibility index (Phi) is 3.82. The van der Waals surface area contributed by atoms with Gasteiger partial charge in [0.2, 0.25) is 6.29 Å². The average Bonchev–Trinajstić information content (AvgIpc) is 2.92. The summed E-state index contributed by atoms with van der Waals surface area (Å²) >= 11 is 0. The van der Waals surface area contributed by atoms with Crippen LogP contribution in [0.15, 0.2) is 54.6 Å². The van der Waals surface area contributed by atoms with Gasteiger partial charge in [-0.05, 0) is 29.5 Å². The number of hydrogen-bond donors (Lipinski definition) is 0. The fourth-order valence-corrected chi connectivity index (χ4v) is 2.75. The van der Waals surface area contributed by atoms with Crippen LogP contribution < -0.4 is 0 Å². The van der Waals surface area contributed by atoms with E-state index in [4.69, 9.17) is 4.74 Å². The molecule has 1 radical (unpaired) electrons. The lowest BCUT2D eigenvalue weighted by atomic mass is 10.0. The van der Waals surface area contributed by atoms with Crippen LogP contribution in [0.5, 0.6) is 0 Å². The third-order valence-corrected chi connectivity index (χ3v) is 3.82. The predicted molar refractivity (Wildman–Crippen MR) is 78.5 cm³/mol. The van der Waals surface area contributed by atoms with Gasteiger partial charge >= 0.3 is 5.97 Å². The normalized spacial score (nSPS) is 17.8. The summed E-state index contributed by atoms with van der Waals surface area (Å²) in [5.41, 5.74) is 2.87. The average molecular weight is 279 g/mol. The van der Waals surface area contributed by atoms with E-state index in [0.29, 0.717) is 5.56 Å². The molecule has 3 rings (SSSR count). The summed E-state index contributed by atoms with van der Waals surface area (Å²) in [6, 6.07) is 16.8. The molecule has 0 spiro atoms. The van der Waals surface area contributed by atoms with Gasteiger partial charge in [-0.2, -0.15) is 0 Å². The molecule has 2 aromatic rings. The van der Waals surface area contributed by atoms with E-state index in [2.05, 4.69) is 0 Å². The molecule has 3 heteroatoms. The van der Waals surface area contributed by atoms with Crippen LogP contribution in [-0.2, 0) is 20.7 Å². The van der Waals surface area contributed by atoms with Crippen LogP contribution in [0.3, 0.4) is 0 Å². The van der Waals surface area contributed by atoms with Crippen molar-refractivity contribution in [3.63, 3.8) is 0 Å². The minimum atomic E-state index is -0.973. The Bertz CT molecular complexity index is 649. The summed E-state index contributed by atoms with van der Waals surface area (Å²) in [5, 5.41) is 0. The molecule has 105 valence electrons. The Hall–Kier alpha value is -2.42. The molecule has 2 unspecified atom stereocenters. The zero-order valence-corrected chi connectivity index (χ0v) is 11.5. The number of carbonyl (C=O) groups excluding carboxylic acids is 2. The van der Waals surface area contributed by atoms with Crippen LogP contribution in [-0.4, -0.2) is 12.3 Å². The van der Waals surface area contributed by atoms with Gasteiger partial charge in [0.1, 0.15) is 12.0 Å². The van der Waals surface area contributed by atoms with Gasteiger partial charge < -0.3 is 4.74 Å². The van der Waals surface area contributed by atoms with Gasteiger partial charge in [0.05, 0.1) is 0 Å². The Labute approximate surface area is 123 Å². The number of ether oxygens (including phenoxy) is 1. The molecule has 2 aromatic carbocycles. The lowest BCUT2D eigenvalue weighted by Crippen LogP contribution is -2.19. The maximum atomic E-state index is 12.3. The first-order chi connectivity index (χ1) is 10.3. The van der Waals surface area contributed by atoms with Crippen molar-refractivity contribution in [3.8, 4) is 0 Å². The fourth-order valence-electron chi connectivity index (χ4n) is 2.75. The first kappa shape index (κ1) is 13.6. The molecule has 3 nitrogen and oxygen atoms in total. The van der Waals surface area contributed by atoms with Crippen LogP contribution in [0.1, 0.15) is 35.1 Å². The molecule has 0 bridgehead atoms. The van der Waals surface area contributed by atoms with Gasteiger partial charge in [-0.1, -0.05) is 54.6 Å². The van der Waals surface area contributed by atoms with E-state index < -0.39 is 11.9 Å². The summed E-state index contributed by atoms with van der Waals surface area (Å²) in [7, 11) is 0. The Morgan fingerprint density at radius 2 is 1.81 bits per heavy atom.